The first-order chi connectivity index (χ1) is 12.1. The second-order valence-electron chi connectivity index (χ2n) is 5.27. The van der Waals surface area contributed by atoms with Crippen LogP contribution in [0.15, 0.2) is 59.0 Å². The molecule has 2 aromatic carbocycles. The average Bonchev–Trinajstić information content (AvgIpc) is 3.11. The van der Waals surface area contributed by atoms with Crippen LogP contribution >= 0.6 is 11.6 Å². The van der Waals surface area contributed by atoms with E-state index in [-0.39, 0.29) is 12.5 Å². The maximum Gasteiger partial charge on any atom is 0.257 e. The average molecular weight is 358 g/mol. The second-order valence-corrected chi connectivity index (χ2v) is 5.68. The summed E-state index contributed by atoms with van der Waals surface area (Å²) in [7, 11) is 1.52. The Hall–Kier alpha value is -2.76. The number of aliphatic hydroxyl groups is 1. The molecule has 0 radical (unpaired) electrons. The summed E-state index contributed by atoms with van der Waals surface area (Å²) in [4.78, 5) is 12.5. The molecular weight excluding hydrogens is 342 g/mol. The van der Waals surface area contributed by atoms with E-state index in [0.717, 1.165) is 5.56 Å². The molecule has 25 heavy (non-hydrogen) atoms. The third-order valence-electron chi connectivity index (χ3n) is 3.67. The van der Waals surface area contributed by atoms with E-state index >= 15 is 0 Å². The summed E-state index contributed by atoms with van der Waals surface area (Å²) in [5, 5.41) is 12.3. The largest absolute Gasteiger partial charge is 0.495 e. The van der Waals surface area contributed by atoms with Gasteiger partial charge in [-0.2, -0.15) is 0 Å². The van der Waals surface area contributed by atoms with Crippen molar-refractivity contribution >= 4 is 23.2 Å². The molecular formula is C19H16ClNO4. The number of nitrogens with one attached hydrogen (secondary N) is 1. The molecule has 1 heterocycles. The van der Waals surface area contributed by atoms with E-state index in [2.05, 4.69) is 5.32 Å². The van der Waals surface area contributed by atoms with Crippen LogP contribution in [0.3, 0.4) is 0 Å². The van der Waals surface area contributed by atoms with Crippen LogP contribution in [0.4, 0.5) is 5.69 Å². The van der Waals surface area contributed by atoms with E-state index in [9.17, 15) is 4.79 Å². The molecule has 1 aromatic heterocycles. The molecule has 6 heteroatoms. The zero-order valence-electron chi connectivity index (χ0n) is 13.5. The SMILES string of the molecule is COc1ccc(-c2ccc(CO)o2)cc1NC(=O)c1ccccc1Cl. The fourth-order valence-electron chi connectivity index (χ4n) is 2.41. The number of amides is 1. The quantitative estimate of drug-likeness (QED) is 0.712. The van der Waals surface area contributed by atoms with E-state index in [4.69, 9.17) is 25.9 Å². The van der Waals surface area contributed by atoms with E-state index < -0.39 is 0 Å². The summed E-state index contributed by atoms with van der Waals surface area (Å²) >= 11 is 6.07. The first kappa shape index (κ1) is 17.1. The molecule has 0 unspecified atom stereocenters. The number of hydrogen-bond donors (Lipinski definition) is 2. The maximum atomic E-state index is 12.5. The molecule has 2 N–H and O–H groups in total. The number of carbonyl (C=O) groups is 1. The van der Waals surface area contributed by atoms with Gasteiger partial charge in [0.15, 0.2) is 0 Å². The van der Waals surface area contributed by atoms with Crippen LogP contribution in [-0.2, 0) is 6.61 Å². The lowest BCUT2D eigenvalue weighted by Gasteiger charge is -2.12. The maximum absolute atomic E-state index is 12.5. The minimum atomic E-state index is -0.337. The summed E-state index contributed by atoms with van der Waals surface area (Å²) in [5.74, 6) is 1.22. The number of furan rings is 1. The summed E-state index contributed by atoms with van der Waals surface area (Å²) in [5.41, 5.74) is 1.61. The molecule has 0 aliphatic carbocycles. The van der Waals surface area contributed by atoms with Crippen LogP contribution in [0.1, 0.15) is 16.1 Å². The Balaban J connectivity index is 1.93. The van der Waals surface area contributed by atoms with Gasteiger partial charge in [-0.15, -0.1) is 0 Å². The number of ether oxygens (including phenoxy) is 1. The third-order valence-corrected chi connectivity index (χ3v) is 4.00. The third kappa shape index (κ3) is 3.68. The molecule has 0 bridgehead atoms. The molecule has 128 valence electrons. The molecule has 3 rings (SSSR count). The Morgan fingerprint density at radius 3 is 2.68 bits per heavy atom. The van der Waals surface area contributed by atoms with Gasteiger partial charge in [-0.05, 0) is 42.5 Å². The number of rotatable bonds is 5. The predicted octanol–water partition coefficient (Wildman–Crippen LogP) is 4.35. The van der Waals surface area contributed by atoms with Crippen LogP contribution in [0.25, 0.3) is 11.3 Å². The van der Waals surface area contributed by atoms with Crippen LogP contribution in [0.2, 0.25) is 5.02 Å². The van der Waals surface area contributed by atoms with E-state index in [1.807, 2.05) is 6.07 Å². The van der Waals surface area contributed by atoms with Gasteiger partial charge in [0.25, 0.3) is 5.91 Å². The van der Waals surface area contributed by atoms with Crippen molar-refractivity contribution in [3.8, 4) is 17.1 Å². The number of halogens is 1. The molecule has 3 aromatic rings. The van der Waals surface area contributed by atoms with Crippen LogP contribution in [-0.4, -0.2) is 18.1 Å². The lowest BCUT2D eigenvalue weighted by molar-refractivity contribution is 0.102. The van der Waals surface area contributed by atoms with Gasteiger partial charge in [0.05, 0.1) is 23.4 Å². The topological polar surface area (TPSA) is 71.7 Å². The lowest BCUT2D eigenvalue weighted by Crippen LogP contribution is -2.13. The van der Waals surface area contributed by atoms with Gasteiger partial charge in [0, 0.05) is 5.56 Å². The summed E-state index contributed by atoms with van der Waals surface area (Å²) in [6.45, 7) is -0.174. The number of carbonyl (C=O) groups excluding carboxylic acids is 1. The number of anilines is 1. The molecule has 0 saturated heterocycles. The standard InChI is InChI=1S/C19H16ClNO4/c1-24-18-8-6-12(17-9-7-13(11-22)25-17)10-16(18)21-19(23)14-4-2-3-5-15(14)20/h2-10,22H,11H2,1H3,(H,21,23). The number of benzene rings is 2. The normalized spacial score (nSPS) is 10.5. The molecule has 1 amide bonds. The van der Waals surface area contributed by atoms with Gasteiger partial charge in [0.2, 0.25) is 0 Å². The minimum Gasteiger partial charge on any atom is -0.495 e. The highest BCUT2D eigenvalue weighted by Crippen LogP contribution is 2.32. The second kappa shape index (κ2) is 7.42. The van der Waals surface area contributed by atoms with Gasteiger partial charge in [-0.3, -0.25) is 4.79 Å². The lowest BCUT2D eigenvalue weighted by atomic mass is 10.1. The smallest absolute Gasteiger partial charge is 0.257 e. The zero-order chi connectivity index (χ0) is 17.8. The van der Waals surface area contributed by atoms with Crippen molar-refractivity contribution in [1.82, 2.24) is 0 Å². The first-order valence-electron chi connectivity index (χ1n) is 7.56. The summed E-state index contributed by atoms with van der Waals surface area (Å²) in [6.07, 6.45) is 0. The molecule has 0 spiro atoms. The van der Waals surface area contributed by atoms with Gasteiger partial charge in [-0.1, -0.05) is 23.7 Å². The Labute approximate surface area is 149 Å². The minimum absolute atomic E-state index is 0.174. The highest BCUT2D eigenvalue weighted by molar-refractivity contribution is 6.34. The van der Waals surface area contributed by atoms with Gasteiger partial charge in [-0.25, -0.2) is 0 Å². The highest BCUT2D eigenvalue weighted by atomic mass is 35.5. The molecule has 0 saturated carbocycles. The van der Waals surface area contributed by atoms with Crippen molar-refractivity contribution in [3.05, 3.63) is 70.9 Å². The fraction of sp³-hybridized carbons (Fsp3) is 0.105. The van der Waals surface area contributed by atoms with Crippen LogP contribution in [0.5, 0.6) is 5.75 Å². The molecule has 0 fully saturated rings. The summed E-state index contributed by atoms with van der Waals surface area (Å²) in [6, 6.07) is 15.5. The van der Waals surface area contributed by atoms with Crippen molar-refractivity contribution in [3.63, 3.8) is 0 Å². The fourth-order valence-corrected chi connectivity index (χ4v) is 2.63. The van der Waals surface area contributed by atoms with Gasteiger partial charge < -0.3 is 19.6 Å². The summed E-state index contributed by atoms with van der Waals surface area (Å²) < 4.78 is 10.8. The van der Waals surface area contributed by atoms with Gasteiger partial charge in [0.1, 0.15) is 23.9 Å². The molecule has 0 atom stereocenters. The Morgan fingerprint density at radius 2 is 2.00 bits per heavy atom. The molecule has 0 aliphatic heterocycles. The van der Waals surface area contributed by atoms with Crippen molar-refractivity contribution in [2.24, 2.45) is 0 Å². The number of hydrogen-bond acceptors (Lipinski definition) is 4. The Bertz CT molecular complexity index is 904. The van der Waals surface area contributed by atoms with Crippen molar-refractivity contribution in [1.29, 1.82) is 0 Å². The van der Waals surface area contributed by atoms with Crippen molar-refractivity contribution in [2.75, 3.05) is 12.4 Å². The first-order valence-corrected chi connectivity index (χ1v) is 7.94. The highest BCUT2D eigenvalue weighted by Gasteiger charge is 2.14. The Morgan fingerprint density at radius 1 is 1.20 bits per heavy atom. The van der Waals surface area contributed by atoms with Crippen molar-refractivity contribution < 1.29 is 19.1 Å². The van der Waals surface area contributed by atoms with Gasteiger partial charge >= 0.3 is 0 Å². The van der Waals surface area contributed by atoms with Crippen LogP contribution in [0, 0.1) is 0 Å². The number of aliphatic hydroxyl groups excluding tert-OH is 1. The predicted molar refractivity (Wildman–Crippen MR) is 96.0 cm³/mol. The van der Waals surface area contributed by atoms with Crippen molar-refractivity contribution in [2.45, 2.75) is 6.61 Å². The van der Waals surface area contributed by atoms with Crippen LogP contribution < -0.4 is 10.1 Å². The zero-order valence-corrected chi connectivity index (χ0v) is 14.2. The van der Waals surface area contributed by atoms with E-state index in [0.29, 0.717) is 33.5 Å². The monoisotopic (exact) mass is 357 g/mol. The Kier molecular flexibility index (Phi) is 5.07. The van der Waals surface area contributed by atoms with E-state index in [1.165, 1.54) is 7.11 Å². The molecule has 5 nitrogen and oxygen atoms in total. The molecule has 0 aliphatic rings. The van der Waals surface area contributed by atoms with E-state index in [1.54, 1.807) is 48.5 Å². The number of methoxy groups -OCH3 is 1.